The van der Waals surface area contributed by atoms with Crippen molar-refractivity contribution in [3.8, 4) is 0 Å². The average molecular weight is 293 g/mol. The smallest absolute Gasteiger partial charge is 0.421 e. The molecule has 0 aromatic carbocycles. The van der Waals surface area contributed by atoms with Gasteiger partial charge in [-0.25, -0.2) is 9.52 Å². The van der Waals surface area contributed by atoms with Gasteiger partial charge in [0.2, 0.25) is 0 Å². The maximum Gasteiger partial charge on any atom is 0.421 e. The molecule has 0 bridgehead atoms. The van der Waals surface area contributed by atoms with E-state index in [1.165, 1.54) is 4.31 Å². The lowest BCUT2D eigenvalue weighted by atomic mass is 10.2. The van der Waals surface area contributed by atoms with Crippen molar-refractivity contribution in [2.75, 3.05) is 19.7 Å². The number of rotatable bonds is 7. The minimum atomic E-state index is -3.85. The van der Waals surface area contributed by atoms with Crippen molar-refractivity contribution in [3.05, 3.63) is 0 Å². The number of carbonyl (C=O) groups is 1. The van der Waals surface area contributed by atoms with Gasteiger partial charge in [0.05, 0.1) is 6.61 Å². The fourth-order valence-corrected chi connectivity index (χ4v) is 3.62. The molecule has 0 radical (unpaired) electrons. The van der Waals surface area contributed by atoms with E-state index in [2.05, 4.69) is 4.74 Å². The van der Waals surface area contributed by atoms with E-state index in [1.54, 1.807) is 6.92 Å². The molecule has 1 fully saturated rings. The van der Waals surface area contributed by atoms with Gasteiger partial charge in [0.15, 0.2) is 0 Å². The Labute approximate surface area is 114 Å². The van der Waals surface area contributed by atoms with E-state index >= 15 is 0 Å². The molecule has 3 N–H and O–H groups in total. The fourth-order valence-electron chi connectivity index (χ4n) is 2.26. The molecule has 0 atom stereocenters. The third-order valence-corrected chi connectivity index (χ3v) is 4.63. The highest BCUT2D eigenvalue weighted by atomic mass is 32.2. The van der Waals surface area contributed by atoms with Crippen LogP contribution in [0.1, 0.15) is 39.0 Å². The van der Waals surface area contributed by atoms with E-state index < -0.39 is 16.3 Å². The number of carbonyl (C=O) groups excluding carboxylic acids is 1. The van der Waals surface area contributed by atoms with Crippen LogP contribution < -0.4 is 10.5 Å². The highest BCUT2D eigenvalue weighted by molar-refractivity contribution is 7.87. The first-order chi connectivity index (χ1) is 9.01. The number of nitrogens with zero attached hydrogens (tertiary/aromatic N) is 1. The van der Waals surface area contributed by atoms with Crippen molar-refractivity contribution in [3.63, 3.8) is 0 Å². The van der Waals surface area contributed by atoms with Crippen LogP contribution in [0.25, 0.3) is 0 Å². The summed E-state index contributed by atoms with van der Waals surface area (Å²) in [6.45, 7) is 2.50. The molecule has 0 aliphatic heterocycles. The zero-order chi connectivity index (χ0) is 14.3. The molecule has 19 heavy (non-hydrogen) atoms. The molecule has 7 nitrogen and oxygen atoms in total. The van der Waals surface area contributed by atoms with Gasteiger partial charge in [-0.2, -0.15) is 12.7 Å². The number of nitrogens with two attached hydrogens (primary N) is 1. The molecule has 0 aromatic heterocycles. The Morgan fingerprint density at radius 3 is 2.58 bits per heavy atom. The normalized spacial score (nSPS) is 16.8. The van der Waals surface area contributed by atoms with E-state index in [9.17, 15) is 13.2 Å². The van der Waals surface area contributed by atoms with Crippen molar-refractivity contribution in [2.45, 2.75) is 45.1 Å². The largest absolute Gasteiger partial charge is 0.449 e. The van der Waals surface area contributed by atoms with E-state index in [4.69, 9.17) is 5.73 Å². The summed E-state index contributed by atoms with van der Waals surface area (Å²) in [7, 11) is -3.85. The minimum absolute atomic E-state index is 0.0431. The Balaban J connectivity index is 2.73. The Hall–Kier alpha value is -0.860. The van der Waals surface area contributed by atoms with E-state index in [1.807, 2.05) is 4.72 Å². The maximum atomic E-state index is 12.2. The molecule has 0 unspecified atom stereocenters. The molecule has 1 amide bonds. The molecular weight excluding hydrogens is 270 g/mol. The molecule has 0 heterocycles. The zero-order valence-electron chi connectivity index (χ0n) is 11.3. The second-order valence-corrected chi connectivity index (χ2v) is 6.14. The van der Waals surface area contributed by atoms with Gasteiger partial charge < -0.3 is 10.5 Å². The first kappa shape index (κ1) is 16.2. The van der Waals surface area contributed by atoms with Crippen LogP contribution in [0.3, 0.4) is 0 Å². The van der Waals surface area contributed by atoms with Gasteiger partial charge in [-0.1, -0.05) is 12.8 Å². The van der Waals surface area contributed by atoms with Gasteiger partial charge in [0, 0.05) is 12.6 Å². The number of hydrogen-bond acceptors (Lipinski definition) is 5. The van der Waals surface area contributed by atoms with Crippen molar-refractivity contribution in [1.82, 2.24) is 9.03 Å². The zero-order valence-corrected chi connectivity index (χ0v) is 12.1. The molecule has 0 aromatic rings. The molecule has 1 aliphatic carbocycles. The van der Waals surface area contributed by atoms with Crippen LogP contribution in [0.5, 0.6) is 0 Å². The number of ether oxygens (including phenoxy) is 1. The van der Waals surface area contributed by atoms with Gasteiger partial charge in [0.1, 0.15) is 0 Å². The van der Waals surface area contributed by atoms with Gasteiger partial charge in [-0.15, -0.1) is 0 Å². The summed E-state index contributed by atoms with van der Waals surface area (Å²) in [5.74, 6) is 0. The van der Waals surface area contributed by atoms with Crippen molar-refractivity contribution >= 4 is 16.3 Å². The molecule has 0 saturated heterocycles. The summed E-state index contributed by atoms with van der Waals surface area (Å²) in [4.78, 5) is 11.3. The first-order valence-corrected chi connectivity index (χ1v) is 8.11. The second-order valence-electron chi connectivity index (χ2n) is 4.52. The molecule has 1 saturated carbocycles. The molecule has 1 aliphatic rings. The van der Waals surface area contributed by atoms with Crippen LogP contribution in [0.2, 0.25) is 0 Å². The monoisotopic (exact) mass is 293 g/mol. The predicted molar refractivity (Wildman–Crippen MR) is 71.7 cm³/mol. The molecule has 8 heteroatoms. The molecule has 112 valence electrons. The van der Waals surface area contributed by atoms with Crippen LogP contribution in [-0.2, 0) is 14.9 Å². The predicted octanol–water partition coefficient (Wildman–Crippen LogP) is 0.571. The minimum Gasteiger partial charge on any atom is -0.449 e. The van der Waals surface area contributed by atoms with Crippen molar-refractivity contribution in [2.24, 2.45) is 5.73 Å². The Kier molecular flexibility index (Phi) is 6.53. The summed E-state index contributed by atoms with van der Waals surface area (Å²) >= 11 is 0. The van der Waals surface area contributed by atoms with Crippen LogP contribution in [0.4, 0.5) is 4.79 Å². The summed E-state index contributed by atoms with van der Waals surface area (Å²) in [5.41, 5.74) is 5.43. The maximum absolute atomic E-state index is 12.2. The van der Waals surface area contributed by atoms with Gasteiger partial charge in [-0.3, -0.25) is 0 Å². The van der Waals surface area contributed by atoms with Gasteiger partial charge >= 0.3 is 16.3 Å². The number of nitrogens with one attached hydrogen (secondary N) is 1. The van der Waals surface area contributed by atoms with E-state index in [-0.39, 0.29) is 12.6 Å². The third-order valence-electron chi connectivity index (χ3n) is 3.11. The highest BCUT2D eigenvalue weighted by Gasteiger charge is 2.32. The van der Waals surface area contributed by atoms with E-state index in [0.717, 1.165) is 25.7 Å². The fraction of sp³-hybridized carbons (Fsp3) is 0.909. The van der Waals surface area contributed by atoms with E-state index in [0.29, 0.717) is 19.5 Å². The Bertz CT molecular complexity index is 379. The van der Waals surface area contributed by atoms with Gasteiger partial charge in [-0.05, 0) is 32.7 Å². The van der Waals surface area contributed by atoms with Crippen molar-refractivity contribution < 1.29 is 17.9 Å². The van der Waals surface area contributed by atoms with Gasteiger partial charge in [0.25, 0.3) is 0 Å². The first-order valence-electron chi connectivity index (χ1n) is 6.67. The average Bonchev–Trinajstić information content (AvgIpc) is 2.82. The lowest BCUT2D eigenvalue weighted by molar-refractivity contribution is 0.157. The second kappa shape index (κ2) is 7.66. The van der Waals surface area contributed by atoms with Crippen molar-refractivity contribution in [1.29, 1.82) is 0 Å². The number of hydrogen-bond donors (Lipinski definition) is 2. The summed E-state index contributed by atoms with van der Waals surface area (Å²) in [6.07, 6.45) is 3.32. The lowest BCUT2D eigenvalue weighted by Gasteiger charge is -2.27. The number of amides is 1. The van der Waals surface area contributed by atoms with Crippen LogP contribution >= 0.6 is 0 Å². The molecule has 0 spiro atoms. The quantitative estimate of drug-likeness (QED) is 0.714. The Morgan fingerprint density at radius 2 is 2.05 bits per heavy atom. The summed E-state index contributed by atoms with van der Waals surface area (Å²) in [5, 5.41) is 0. The standard InChI is InChI=1S/C11H23N3O4S/c1-2-18-11(15)13-19(16,17)14(9-5-8-12)10-6-3-4-7-10/h10H,2-9,12H2,1H3,(H,13,15). The summed E-state index contributed by atoms with van der Waals surface area (Å²) in [6, 6.07) is -0.0431. The van der Waals surface area contributed by atoms with Crippen LogP contribution in [0, 0.1) is 0 Å². The third kappa shape index (κ3) is 4.96. The van der Waals surface area contributed by atoms with Crippen LogP contribution in [0.15, 0.2) is 0 Å². The topological polar surface area (TPSA) is 102 Å². The molecule has 1 rings (SSSR count). The SMILES string of the molecule is CCOC(=O)NS(=O)(=O)N(CCCN)C1CCCC1. The Morgan fingerprint density at radius 1 is 1.42 bits per heavy atom. The molecular formula is C11H23N3O4S. The highest BCUT2D eigenvalue weighted by Crippen LogP contribution is 2.25. The summed E-state index contributed by atoms with van der Waals surface area (Å²) < 4.78 is 32.3. The van der Waals surface area contributed by atoms with Crippen LogP contribution in [-0.4, -0.2) is 44.6 Å². The lowest BCUT2D eigenvalue weighted by Crippen LogP contribution is -2.48.